The van der Waals surface area contributed by atoms with Crippen LogP contribution in [0.2, 0.25) is 0 Å². The maximum atomic E-state index is 13.1. The zero-order valence-corrected chi connectivity index (χ0v) is 17.0. The standard InChI is InChI=1S/C20H18N4O8/c1-20(11-3-6-15-16(7-11)32-10-31-15)18(26)23(19(27)22-20)9-17(25)21-13-5-4-12(30-2)8-14(13)24(28)29/h3-8H,9-10H2,1-2H3,(H,21,25)(H,22,27)/t20-/m1/s1. The predicted octanol–water partition coefficient (Wildman–Crippen LogP) is 1.74. The van der Waals surface area contributed by atoms with E-state index in [1.165, 1.54) is 26.2 Å². The van der Waals surface area contributed by atoms with Crippen LogP contribution in [0, 0.1) is 10.1 Å². The number of carbonyl (C=O) groups is 3. The largest absolute Gasteiger partial charge is 0.496 e. The van der Waals surface area contributed by atoms with Gasteiger partial charge in [0.1, 0.15) is 23.5 Å². The number of nitrogens with zero attached hydrogens (tertiary/aromatic N) is 2. The molecule has 0 aliphatic carbocycles. The molecule has 32 heavy (non-hydrogen) atoms. The number of rotatable bonds is 6. The first kappa shape index (κ1) is 20.9. The van der Waals surface area contributed by atoms with E-state index in [1.807, 2.05) is 0 Å². The lowest BCUT2D eigenvalue weighted by Gasteiger charge is -2.22. The number of carbonyl (C=O) groups excluding carboxylic acids is 3. The number of fused-ring (bicyclic) bond motifs is 1. The Hall–Kier alpha value is -4.35. The van der Waals surface area contributed by atoms with Crippen LogP contribution in [-0.2, 0) is 15.1 Å². The normalized spacial score (nSPS) is 19.0. The zero-order chi connectivity index (χ0) is 23.0. The van der Waals surface area contributed by atoms with Crippen molar-refractivity contribution in [2.24, 2.45) is 0 Å². The summed E-state index contributed by atoms with van der Waals surface area (Å²) in [6, 6.07) is 7.96. The maximum Gasteiger partial charge on any atom is 0.325 e. The van der Waals surface area contributed by atoms with Crippen LogP contribution < -0.4 is 24.8 Å². The van der Waals surface area contributed by atoms with Gasteiger partial charge in [0.15, 0.2) is 11.5 Å². The van der Waals surface area contributed by atoms with Gasteiger partial charge in [0, 0.05) is 0 Å². The fourth-order valence-corrected chi connectivity index (χ4v) is 3.47. The van der Waals surface area contributed by atoms with Gasteiger partial charge in [0.2, 0.25) is 12.7 Å². The summed E-state index contributed by atoms with van der Waals surface area (Å²) in [5, 5.41) is 16.2. The Morgan fingerprint density at radius 3 is 2.72 bits per heavy atom. The fraction of sp³-hybridized carbons (Fsp3) is 0.250. The second-order valence-electron chi connectivity index (χ2n) is 7.20. The van der Waals surface area contributed by atoms with Gasteiger partial charge in [-0.1, -0.05) is 6.07 Å². The summed E-state index contributed by atoms with van der Waals surface area (Å²) in [6.45, 7) is 0.935. The van der Waals surface area contributed by atoms with Crippen LogP contribution in [0.15, 0.2) is 36.4 Å². The molecule has 4 amide bonds. The van der Waals surface area contributed by atoms with Crippen LogP contribution >= 0.6 is 0 Å². The summed E-state index contributed by atoms with van der Waals surface area (Å²) in [6.07, 6.45) is 0. The highest BCUT2D eigenvalue weighted by Gasteiger charge is 2.50. The fourth-order valence-electron chi connectivity index (χ4n) is 3.47. The Labute approximate surface area is 181 Å². The quantitative estimate of drug-likeness (QED) is 0.390. The molecule has 1 saturated heterocycles. The van der Waals surface area contributed by atoms with Crippen LogP contribution in [0.4, 0.5) is 16.2 Å². The SMILES string of the molecule is COc1ccc(NC(=O)CN2C(=O)N[C@](C)(c3ccc4c(c3)OCO4)C2=O)c([N+](=O)[O-])c1. The Morgan fingerprint density at radius 1 is 1.25 bits per heavy atom. The van der Waals surface area contributed by atoms with Crippen molar-refractivity contribution in [2.75, 3.05) is 25.8 Å². The van der Waals surface area contributed by atoms with Crippen LogP contribution in [0.1, 0.15) is 12.5 Å². The van der Waals surface area contributed by atoms with Crippen molar-refractivity contribution < 1.29 is 33.5 Å². The lowest BCUT2D eigenvalue weighted by atomic mass is 9.91. The first-order chi connectivity index (χ1) is 15.2. The summed E-state index contributed by atoms with van der Waals surface area (Å²) in [7, 11) is 1.35. The van der Waals surface area contributed by atoms with Gasteiger partial charge in [-0.2, -0.15) is 0 Å². The molecule has 0 unspecified atom stereocenters. The van der Waals surface area contributed by atoms with Crippen LogP contribution in [0.25, 0.3) is 0 Å². The highest BCUT2D eigenvalue weighted by Crippen LogP contribution is 2.38. The van der Waals surface area contributed by atoms with Gasteiger partial charge in [0.25, 0.3) is 11.6 Å². The van der Waals surface area contributed by atoms with Crippen molar-refractivity contribution >= 4 is 29.2 Å². The molecule has 0 spiro atoms. The van der Waals surface area contributed by atoms with Gasteiger partial charge in [-0.25, -0.2) is 4.79 Å². The molecule has 166 valence electrons. The number of urea groups is 1. The number of hydrogen-bond donors (Lipinski definition) is 2. The van der Waals surface area contributed by atoms with Crippen molar-refractivity contribution in [1.82, 2.24) is 10.2 Å². The van der Waals surface area contributed by atoms with E-state index in [1.54, 1.807) is 18.2 Å². The Bertz CT molecular complexity index is 1150. The molecular weight excluding hydrogens is 424 g/mol. The molecule has 4 rings (SSSR count). The smallest absolute Gasteiger partial charge is 0.325 e. The third-order valence-corrected chi connectivity index (χ3v) is 5.20. The monoisotopic (exact) mass is 442 g/mol. The summed E-state index contributed by atoms with van der Waals surface area (Å²) in [5.74, 6) is -0.235. The van der Waals surface area contributed by atoms with Crippen LogP contribution in [0.5, 0.6) is 17.2 Å². The van der Waals surface area contributed by atoms with E-state index in [-0.39, 0.29) is 23.9 Å². The summed E-state index contributed by atoms with van der Waals surface area (Å²) in [5.41, 5.74) is -1.45. The Morgan fingerprint density at radius 2 is 2.00 bits per heavy atom. The number of anilines is 1. The molecule has 0 bridgehead atoms. The molecule has 1 atom stereocenters. The van der Waals surface area contributed by atoms with Gasteiger partial charge in [-0.3, -0.25) is 24.6 Å². The Kier molecular flexibility index (Phi) is 5.04. The summed E-state index contributed by atoms with van der Waals surface area (Å²) >= 11 is 0. The number of amides is 4. The third-order valence-electron chi connectivity index (χ3n) is 5.20. The van der Waals surface area contributed by atoms with Crippen molar-refractivity contribution in [2.45, 2.75) is 12.5 Å². The van der Waals surface area contributed by atoms with Crippen LogP contribution in [-0.4, -0.2) is 48.1 Å². The van der Waals surface area contributed by atoms with Gasteiger partial charge in [-0.05, 0) is 36.8 Å². The number of nitro groups is 1. The molecule has 12 heteroatoms. The van der Waals surface area contributed by atoms with Crippen molar-refractivity contribution in [3.8, 4) is 17.2 Å². The lowest BCUT2D eigenvalue weighted by molar-refractivity contribution is -0.384. The predicted molar refractivity (Wildman–Crippen MR) is 108 cm³/mol. The second-order valence-corrected chi connectivity index (χ2v) is 7.20. The molecule has 2 aliphatic rings. The second kappa shape index (κ2) is 7.72. The maximum absolute atomic E-state index is 13.1. The van der Waals surface area contributed by atoms with Crippen molar-refractivity contribution in [3.05, 3.63) is 52.1 Å². The first-order valence-electron chi connectivity index (χ1n) is 9.39. The van der Waals surface area contributed by atoms with E-state index in [0.29, 0.717) is 17.1 Å². The molecule has 2 aromatic carbocycles. The molecule has 12 nitrogen and oxygen atoms in total. The minimum absolute atomic E-state index is 0.0552. The molecule has 2 N–H and O–H groups in total. The Balaban J connectivity index is 1.52. The number of nitro benzene ring substituents is 1. The lowest BCUT2D eigenvalue weighted by Crippen LogP contribution is -2.42. The van der Waals surface area contributed by atoms with Gasteiger partial charge >= 0.3 is 6.03 Å². The van der Waals surface area contributed by atoms with Crippen molar-refractivity contribution in [1.29, 1.82) is 0 Å². The molecule has 0 radical (unpaired) electrons. The molecule has 0 saturated carbocycles. The van der Waals surface area contributed by atoms with E-state index in [2.05, 4.69) is 10.6 Å². The first-order valence-corrected chi connectivity index (χ1v) is 9.39. The number of imide groups is 1. The number of benzene rings is 2. The van der Waals surface area contributed by atoms with Crippen LogP contribution in [0.3, 0.4) is 0 Å². The van der Waals surface area contributed by atoms with Gasteiger partial charge in [0.05, 0.1) is 18.1 Å². The molecule has 2 heterocycles. The molecule has 2 aliphatic heterocycles. The number of hydrogen-bond acceptors (Lipinski definition) is 8. The van der Waals surface area contributed by atoms with E-state index < -0.39 is 34.9 Å². The van der Waals surface area contributed by atoms with Gasteiger partial charge in [-0.15, -0.1) is 0 Å². The summed E-state index contributed by atoms with van der Waals surface area (Å²) < 4.78 is 15.5. The molecule has 1 fully saturated rings. The average molecular weight is 442 g/mol. The zero-order valence-electron chi connectivity index (χ0n) is 17.0. The molecular formula is C20H18N4O8. The minimum Gasteiger partial charge on any atom is -0.496 e. The highest BCUT2D eigenvalue weighted by molar-refractivity contribution is 6.10. The van der Waals surface area contributed by atoms with E-state index in [9.17, 15) is 24.5 Å². The topological polar surface area (TPSA) is 149 Å². The van der Waals surface area contributed by atoms with Crippen molar-refractivity contribution in [3.63, 3.8) is 0 Å². The molecule has 0 aromatic heterocycles. The van der Waals surface area contributed by atoms with Gasteiger partial charge < -0.3 is 24.8 Å². The average Bonchev–Trinajstić information content (AvgIpc) is 3.32. The van der Waals surface area contributed by atoms with E-state index in [0.717, 1.165) is 11.0 Å². The third kappa shape index (κ3) is 3.51. The summed E-state index contributed by atoms with van der Waals surface area (Å²) in [4.78, 5) is 49.4. The highest BCUT2D eigenvalue weighted by atomic mass is 16.7. The number of methoxy groups -OCH3 is 1. The number of ether oxygens (including phenoxy) is 3. The molecule has 2 aromatic rings. The van der Waals surface area contributed by atoms with E-state index in [4.69, 9.17) is 14.2 Å². The van der Waals surface area contributed by atoms with E-state index >= 15 is 0 Å². The minimum atomic E-state index is -1.43. The number of nitrogens with one attached hydrogen (secondary N) is 2.